The predicted octanol–water partition coefficient (Wildman–Crippen LogP) is 5.13. The monoisotopic (exact) mass is 427 g/mol. The van der Waals surface area contributed by atoms with Crippen LogP contribution in [0.4, 0.5) is 5.69 Å². The number of esters is 1. The van der Waals surface area contributed by atoms with Crippen LogP contribution >= 0.6 is 23.2 Å². The van der Waals surface area contributed by atoms with E-state index in [1.54, 1.807) is 67.3 Å². The van der Waals surface area contributed by atoms with Crippen LogP contribution in [0.5, 0.6) is 0 Å². The summed E-state index contributed by atoms with van der Waals surface area (Å²) in [5.74, 6) is -0.899. The van der Waals surface area contributed by atoms with Gasteiger partial charge in [0.2, 0.25) is 0 Å². The molecule has 0 aromatic heterocycles. The van der Waals surface area contributed by atoms with E-state index in [1.165, 1.54) is 0 Å². The topological polar surface area (TPSA) is 79.3 Å². The first-order chi connectivity index (χ1) is 13.9. The molecule has 2 N–H and O–H groups in total. The molecule has 2 aromatic carbocycles. The van der Waals surface area contributed by atoms with E-state index < -0.39 is 11.9 Å². The van der Waals surface area contributed by atoms with Gasteiger partial charge in [-0.2, -0.15) is 5.26 Å². The van der Waals surface area contributed by atoms with Crippen molar-refractivity contribution in [1.29, 1.82) is 5.26 Å². The SMILES string of the molecule is CCOC(=O)C1=C(C)N(c2ccc(Cl)cc2)C(N)=C(C#N)C1c1ccc(Cl)cc1. The number of halogens is 2. The van der Waals surface area contributed by atoms with E-state index in [1.807, 2.05) is 0 Å². The Hall–Kier alpha value is -2.94. The van der Waals surface area contributed by atoms with Crippen molar-refractivity contribution >= 4 is 34.9 Å². The van der Waals surface area contributed by atoms with Crippen molar-refractivity contribution in [3.63, 3.8) is 0 Å². The van der Waals surface area contributed by atoms with Crippen LogP contribution in [-0.4, -0.2) is 12.6 Å². The van der Waals surface area contributed by atoms with Gasteiger partial charge in [0, 0.05) is 21.4 Å². The Morgan fingerprint density at radius 3 is 2.21 bits per heavy atom. The summed E-state index contributed by atoms with van der Waals surface area (Å²) in [5.41, 5.74) is 9.04. The number of hydrogen-bond donors (Lipinski definition) is 1. The van der Waals surface area contributed by atoms with Crippen molar-refractivity contribution in [3.8, 4) is 6.07 Å². The molecule has 0 radical (unpaired) electrons. The molecule has 1 atom stereocenters. The third-order valence-corrected chi connectivity index (χ3v) is 5.23. The van der Waals surface area contributed by atoms with Crippen molar-refractivity contribution in [3.05, 3.63) is 86.8 Å². The number of nitriles is 1. The van der Waals surface area contributed by atoms with E-state index in [0.29, 0.717) is 27.0 Å². The van der Waals surface area contributed by atoms with Crippen LogP contribution in [0.25, 0.3) is 0 Å². The van der Waals surface area contributed by atoms with Crippen LogP contribution in [0.3, 0.4) is 0 Å². The lowest BCUT2D eigenvalue weighted by atomic mass is 9.81. The smallest absolute Gasteiger partial charge is 0.336 e. The Balaban J connectivity index is 2.25. The Morgan fingerprint density at radius 1 is 1.14 bits per heavy atom. The number of nitrogens with two attached hydrogens (primary N) is 1. The molecular formula is C22H19Cl2N3O2. The zero-order valence-electron chi connectivity index (χ0n) is 15.9. The van der Waals surface area contributed by atoms with E-state index in [0.717, 1.165) is 5.56 Å². The highest BCUT2D eigenvalue weighted by Crippen LogP contribution is 2.42. The highest BCUT2D eigenvalue weighted by molar-refractivity contribution is 6.30. The molecule has 0 bridgehead atoms. The number of nitrogens with zero attached hydrogens (tertiary/aromatic N) is 2. The highest BCUT2D eigenvalue weighted by Gasteiger charge is 2.38. The zero-order valence-corrected chi connectivity index (χ0v) is 17.5. The first kappa shape index (κ1) is 20.8. The fourth-order valence-corrected chi connectivity index (χ4v) is 3.68. The first-order valence-corrected chi connectivity index (χ1v) is 9.73. The van der Waals surface area contributed by atoms with Gasteiger partial charge in [-0.25, -0.2) is 4.79 Å². The van der Waals surface area contributed by atoms with Gasteiger partial charge in [0.05, 0.1) is 29.7 Å². The summed E-state index contributed by atoms with van der Waals surface area (Å²) in [6.07, 6.45) is 0. The summed E-state index contributed by atoms with van der Waals surface area (Å²) in [7, 11) is 0. The summed E-state index contributed by atoms with van der Waals surface area (Å²) in [4.78, 5) is 14.6. The number of carbonyl (C=O) groups is 1. The molecule has 29 heavy (non-hydrogen) atoms. The van der Waals surface area contributed by atoms with Gasteiger partial charge < -0.3 is 10.5 Å². The van der Waals surface area contributed by atoms with E-state index in [2.05, 4.69) is 6.07 Å². The molecule has 0 aliphatic carbocycles. The number of benzene rings is 2. The van der Waals surface area contributed by atoms with Gasteiger partial charge >= 0.3 is 5.97 Å². The maximum absolute atomic E-state index is 12.9. The largest absolute Gasteiger partial charge is 0.463 e. The van der Waals surface area contributed by atoms with Crippen LogP contribution in [0.15, 0.2) is 71.2 Å². The minimum Gasteiger partial charge on any atom is -0.463 e. The van der Waals surface area contributed by atoms with E-state index in [-0.39, 0.29) is 18.0 Å². The van der Waals surface area contributed by atoms with Crippen molar-refractivity contribution in [2.24, 2.45) is 5.73 Å². The molecule has 148 valence electrons. The highest BCUT2D eigenvalue weighted by atomic mass is 35.5. The zero-order chi connectivity index (χ0) is 21.1. The number of ether oxygens (including phenoxy) is 1. The Bertz CT molecular complexity index is 1040. The minimum absolute atomic E-state index is 0.213. The Labute approximate surface area is 179 Å². The van der Waals surface area contributed by atoms with E-state index >= 15 is 0 Å². The van der Waals surface area contributed by atoms with Gasteiger partial charge in [0.1, 0.15) is 5.82 Å². The molecule has 2 aromatic rings. The second-order valence-electron chi connectivity index (χ2n) is 6.43. The number of hydrogen-bond acceptors (Lipinski definition) is 5. The lowest BCUT2D eigenvalue weighted by Crippen LogP contribution is -2.36. The summed E-state index contributed by atoms with van der Waals surface area (Å²) >= 11 is 12.0. The van der Waals surface area contributed by atoms with Gasteiger partial charge in [-0.15, -0.1) is 0 Å². The maximum Gasteiger partial charge on any atom is 0.336 e. The predicted molar refractivity (Wildman–Crippen MR) is 114 cm³/mol. The average Bonchev–Trinajstić information content (AvgIpc) is 2.70. The van der Waals surface area contributed by atoms with Gasteiger partial charge in [-0.05, 0) is 55.8 Å². The summed E-state index contributed by atoms with van der Waals surface area (Å²) < 4.78 is 5.32. The van der Waals surface area contributed by atoms with Crippen molar-refractivity contribution in [2.45, 2.75) is 19.8 Å². The van der Waals surface area contributed by atoms with Gasteiger partial charge in [0.15, 0.2) is 0 Å². The lowest BCUT2D eigenvalue weighted by molar-refractivity contribution is -0.138. The summed E-state index contributed by atoms with van der Waals surface area (Å²) in [5, 5.41) is 11.1. The quantitative estimate of drug-likeness (QED) is 0.684. The molecule has 1 aliphatic heterocycles. The second kappa shape index (κ2) is 8.60. The van der Waals surface area contributed by atoms with Crippen LogP contribution in [0, 0.1) is 11.3 Å². The molecule has 5 nitrogen and oxygen atoms in total. The molecular weight excluding hydrogens is 409 g/mol. The molecule has 1 heterocycles. The summed E-state index contributed by atoms with van der Waals surface area (Å²) in [6.45, 7) is 3.73. The molecule has 0 fully saturated rings. The van der Waals surface area contributed by atoms with Crippen LogP contribution in [0.2, 0.25) is 10.0 Å². The Kier molecular flexibility index (Phi) is 6.17. The normalized spacial score (nSPS) is 16.7. The standard InChI is InChI=1S/C22H19Cl2N3O2/c1-3-29-22(28)19-13(2)27(17-10-8-16(24)9-11-17)21(26)18(12-25)20(19)14-4-6-15(23)7-5-14/h4-11,20H,3,26H2,1-2H3. The van der Waals surface area contributed by atoms with Crippen LogP contribution in [0.1, 0.15) is 25.3 Å². The number of anilines is 1. The molecule has 1 aliphatic rings. The van der Waals surface area contributed by atoms with Crippen LogP contribution < -0.4 is 10.6 Å². The van der Waals surface area contributed by atoms with Gasteiger partial charge in [-0.3, -0.25) is 4.90 Å². The van der Waals surface area contributed by atoms with Crippen molar-refractivity contribution in [2.75, 3.05) is 11.5 Å². The fraction of sp³-hybridized carbons (Fsp3) is 0.182. The molecule has 0 amide bonds. The average molecular weight is 428 g/mol. The molecule has 0 spiro atoms. The summed E-state index contributed by atoms with van der Waals surface area (Å²) in [6, 6.07) is 16.2. The van der Waals surface area contributed by atoms with Crippen molar-refractivity contribution < 1.29 is 9.53 Å². The first-order valence-electron chi connectivity index (χ1n) is 8.97. The Morgan fingerprint density at radius 2 is 1.69 bits per heavy atom. The molecule has 0 saturated carbocycles. The number of rotatable bonds is 4. The third-order valence-electron chi connectivity index (χ3n) is 4.72. The maximum atomic E-state index is 12.9. The van der Waals surface area contributed by atoms with E-state index in [9.17, 15) is 10.1 Å². The van der Waals surface area contributed by atoms with Crippen molar-refractivity contribution in [1.82, 2.24) is 0 Å². The van der Waals surface area contributed by atoms with Gasteiger partial charge in [-0.1, -0.05) is 35.3 Å². The lowest BCUT2D eigenvalue weighted by Gasteiger charge is -2.36. The molecule has 1 unspecified atom stereocenters. The molecule has 0 saturated heterocycles. The molecule has 3 rings (SSSR count). The molecule has 7 heteroatoms. The minimum atomic E-state index is -0.653. The fourth-order valence-electron chi connectivity index (χ4n) is 3.43. The van der Waals surface area contributed by atoms with Crippen LogP contribution in [-0.2, 0) is 9.53 Å². The number of allylic oxidation sites excluding steroid dienone is 2. The third kappa shape index (κ3) is 3.95. The van der Waals surface area contributed by atoms with E-state index in [4.69, 9.17) is 33.7 Å². The second-order valence-corrected chi connectivity index (χ2v) is 7.30. The number of carbonyl (C=O) groups excluding carboxylic acids is 1. The van der Waals surface area contributed by atoms with Gasteiger partial charge in [0.25, 0.3) is 0 Å².